The van der Waals surface area contributed by atoms with Crippen LogP contribution in [-0.2, 0) is 14.8 Å². The van der Waals surface area contributed by atoms with Gasteiger partial charge in [-0.1, -0.05) is 6.07 Å². The molecule has 2 heterocycles. The molecular formula is C12H19N3O3S2. The molecule has 0 atom stereocenters. The van der Waals surface area contributed by atoms with Gasteiger partial charge in [-0.05, 0) is 25.5 Å². The number of likely N-dealkylation sites (N-methyl/N-ethyl adjacent to an activating group) is 1. The van der Waals surface area contributed by atoms with E-state index in [1.165, 1.54) is 15.6 Å². The van der Waals surface area contributed by atoms with Crippen LogP contribution < -0.4 is 0 Å². The summed E-state index contributed by atoms with van der Waals surface area (Å²) in [5.41, 5.74) is 0. The third-order valence-corrected chi connectivity index (χ3v) is 6.40. The number of sulfonamides is 1. The van der Waals surface area contributed by atoms with Gasteiger partial charge in [0.15, 0.2) is 0 Å². The maximum Gasteiger partial charge on any atom is 0.252 e. The van der Waals surface area contributed by atoms with Crippen molar-refractivity contribution in [2.75, 3.05) is 46.8 Å². The van der Waals surface area contributed by atoms with Crippen LogP contribution in [0.15, 0.2) is 21.7 Å². The molecule has 0 aromatic carbocycles. The Morgan fingerprint density at radius 3 is 2.45 bits per heavy atom. The van der Waals surface area contributed by atoms with Gasteiger partial charge in [0, 0.05) is 26.2 Å². The first-order chi connectivity index (χ1) is 9.41. The lowest BCUT2D eigenvalue weighted by atomic mass is 10.3. The Labute approximate surface area is 123 Å². The normalized spacial score (nSPS) is 17.6. The van der Waals surface area contributed by atoms with E-state index in [9.17, 15) is 13.2 Å². The van der Waals surface area contributed by atoms with Gasteiger partial charge < -0.3 is 9.80 Å². The predicted octanol–water partition coefficient (Wildman–Crippen LogP) is 0.143. The van der Waals surface area contributed by atoms with Gasteiger partial charge >= 0.3 is 0 Å². The van der Waals surface area contributed by atoms with Crippen LogP contribution in [0.25, 0.3) is 0 Å². The Bertz CT molecular complexity index is 547. The maximum absolute atomic E-state index is 12.3. The van der Waals surface area contributed by atoms with Crippen molar-refractivity contribution in [2.24, 2.45) is 0 Å². The molecule has 8 heteroatoms. The summed E-state index contributed by atoms with van der Waals surface area (Å²) in [4.78, 5) is 15.5. The number of amides is 1. The molecule has 1 aliphatic heterocycles. The van der Waals surface area contributed by atoms with E-state index in [2.05, 4.69) is 0 Å². The standard InChI is InChI=1S/C12H19N3O3S2/c1-13(2)10-11(16)14-5-7-15(8-6-14)20(17,18)12-4-3-9-19-12/h3-4,9H,5-8,10H2,1-2H3. The number of carbonyl (C=O) groups is 1. The van der Waals surface area contributed by atoms with E-state index >= 15 is 0 Å². The van der Waals surface area contributed by atoms with E-state index < -0.39 is 10.0 Å². The van der Waals surface area contributed by atoms with E-state index in [0.29, 0.717) is 36.9 Å². The van der Waals surface area contributed by atoms with Crippen LogP contribution in [-0.4, -0.2) is 75.2 Å². The monoisotopic (exact) mass is 317 g/mol. The molecule has 0 unspecified atom stereocenters. The SMILES string of the molecule is CN(C)CC(=O)N1CCN(S(=O)(=O)c2cccs2)CC1. The van der Waals surface area contributed by atoms with Crippen LogP contribution in [0.1, 0.15) is 0 Å². The molecule has 1 amide bonds. The maximum atomic E-state index is 12.3. The minimum absolute atomic E-state index is 0.0446. The number of hydrogen-bond acceptors (Lipinski definition) is 5. The van der Waals surface area contributed by atoms with Gasteiger partial charge in [-0.15, -0.1) is 11.3 Å². The number of carbonyl (C=O) groups excluding carboxylic acids is 1. The molecule has 0 bridgehead atoms. The topological polar surface area (TPSA) is 60.9 Å². The summed E-state index contributed by atoms with van der Waals surface area (Å²) in [6, 6.07) is 3.35. The first-order valence-corrected chi connectivity index (χ1v) is 8.69. The number of nitrogens with zero attached hydrogens (tertiary/aromatic N) is 3. The second-order valence-electron chi connectivity index (χ2n) is 4.95. The summed E-state index contributed by atoms with van der Waals surface area (Å²) in [5, 5.41) is 1.75. The van der Waals surface area contributed by atoms with Crippen molar-refractivity contribution < 1.29 is 13.2 Å². The van der Waals surface area contributed by atoms with E-state index in [1.807, 2.05) is 19.0 Å². The highest BCUT2D eigenvalue weighted by atomic mass is 32.2. The van der Waals surface area contributed by atoms with Gasteiger partial charge in [0.2, 0.25) is 5.91 Å². The lowest BCUT2D eigenvalue weighted by molar-refractivity contribution is -0.133. The Morgan fingerprint density at radius 2 is 1.95 bits per heavy atom. The van der Waals surface area contributed by atoms with Crippen LogP contribution in [0.5, 0.6) is 0 Å². The van der Waals surface area contributed by atoms with E-state index in [4.69, 9.17) is 0 Å². The molecule has 6 nitrogen and oxygen atoms in total. The highest BCUT2D eigenvalue weighted by Crippen LogP contribution is 2.21. The minimum Gasteiger partial charge on any atom is -0.339 e. The molecule has 0 radical (unpaired) electrons. The van der Waals surface area contributed by atoms with Crippen molar-refractivity contribution in [3.63, 3.8) is 0 Å². The summed E-state index contributed by atoms with van der Waals surface area (Å²) in [5.74, 6) is 0.0446. The van der Waals surface area contributed by atoms with Crippen LogP contribution in [0.4, 0.5) is 0 Å². The Morgan fingerprint density at radius 1 is 1.30 bits per heavy atom. The van der Waals surface area contributed by atoms with E-state index in [1.54, 1.807) is 22.4 Å². The Hall–Kier alpha value is -0.960. The third kappa shape index (κ3) is 3.38. The average Bonchev–Trinajstić information content (AvgIpc) is 2.92. The fourth-order valence-electron chi connectivity index (χ4n) is 2.09. The molecule has 0 spiro atoms. The van der Waals surface area contributed by atoms with Crippen LogP contribution >= 0.6 is 11.3 Å². The second kappa shape index (κ2) is 6.21. The van der Waals surface area contributed by atoms with Gasteiger partial charge in [-0.2, -0.15) is 4.31 Å². The van der Waals surface area contributed by atoms with Gasteiger partial charge in [-0.25, -0.2) is 8.42 Å². The molecule has 20 heavy (non-hydrogen) atoms. The van der Waals surface area contributed by atoms with Crippen molar-refractivity contribution in [3.8, 4) is 0 Å². The molecule has 0 N–H and O–H groups in total. The Kier molecular flexibility index (Phi) is 4.79. The minimum atomic E-state index is -3.39. The van der Waals surface area contributed by atoms with Crippen molar-refractivity contribution in [1.29, 1.82) is 0 Å². The molecule has 1 aromatic heterocycles. The molecule has 0 aliphatic carbocycles. The lowest BCUT2D eigenvalue weighted by Crippen LogP contribution is -2.52. The Balaban J connectivity index is 1.96. The van der Waals surface area contributed by atoms with E-state index in [0.717, 1.165) is 0 Å². The highest BCUT2D eigenvalue weighted by molar-refractivity contribution is 7.91. The fourth-order valence-corrected chi connectivity index (χ4v) is 4.65. The zero-order valence-corrected chi connectivity index (χ0v) is 13.3. The molecule has 2 rings (SSSR count). The number of piperazine rings is 1. The molecular weight excluding hydrogens is 298 g/mol. The van der Waals surface area contributed by atoms with Crippen molar-refractivity contribution >= 4 is 27.3 Å². The summed E-state index contributed by atoms with van der Waals surface area (Å²) in [7, 11) is 0.298. The lowest BCUT2D eigenvalue weighted by Gasteiger charge is -2.34. The number of rotatable bonds is 4. The molecule has 0 saturated carbocycles. The van der Waals surface area contributed by atoms with Gasteiger partial charge in [-0.3, -0.25) is 4.79 Å². The summed E-state index contributed by atoms with van der Waals surface area (Å²) < 4.78 is 26.5. The predicted molar refractivity (Wildman–Crippen MR) is 78.2 cm³/mol. The van der Waals surface area contributed by atoms with E-state index in [-0.39, 0.29) is 5.91 Å². The molecule has 1 fully saturated rings. The van der Waals surface area contributed by atoms with Crippen molar-refractivity contribution in [1.82, 2.24) is 14.1 Å². The zero-order valence-electron chi connectivity index (χ0n) is 11.7. The zero-order chi connectivity index (χ0) is 14.8. The molecule has 1 aliphatic rings. The smallest absolute Gasteiger partial charge is 0.252 e. The number of thiophene rings is 1. The van der Waals surface area contributed by atoms with Gasteiger partial charge in [0.1, 0.15) is 4.21 Å². The van der Waals surface area contributed by atoms with Crippen molar-refractivity contribution in [2.45, 2.75) is 4.21 Å². The molecule has 1 aromatic rings. The summed E-state index contributed by atoms with van der Waals surface area (Å²) in [6.45, 7) is 1.99. The van der Waals surface area contributed by atoms with Gasteiger partial charge in [0.05, 0.1) is 6.54 Å². The first-order valence-electron chi connectivity index (χ1n) is 6.37. The molecule has 112 valence electrons. The van der Waals surface area contributed by atoms with Crippen LogP contribution in [0.3, 0.4) is 0 Å². The number of hydrogen-bond donors (Lipinski definition) is 0. The van der Waals surface area contributed by atoms with Crippen LogP contribution in [0, 0.1) is 0 Å². The highest BCUT2D eigenvalue weighted by Gasteiger charge is 2.30. The fraction of sp³-hybridized carbons (Fsp3) is 0.583. The third-order valence-electron chi connectivity index (χ3n) is 3.13. The average molecular weight is 317 g/mol. The largest absolute Gasteiger partial charge is 0.339 e. The summed E-state index contributed by atoms with van der Waals surface area (Å²) >= 11 is 1.22. The first kappa shape index (κ1) is 15.4. The second-order valence-corrected chi connectivity index (χ2v) is 8.07. The van der Waals surface area contributed by atoms with Gasteiger partial charge in [0.25, 0.3) is 10.0 Å². The van der Waals surface area contributed by atoms with Crippen LogP contribution in [0.2, 0.25) is 0 Å². The molecule has 1 saturated heterocycles. The quantitative estimate of drug-likeness (QED) is 0.793. The summed E-state index contributed by atoms with van der Waals surface area (Å²) in [6.07, 6.45) is 0. The van der Waals surface area contributed by atoms with Crippen molar-refractivity contribution in [3.05, 3.63) is 17.5 Å².